The third-order valence-electron chi connectivity index (χ3n) is 4.73. The van der Waals surface area contributed by atoms with Crippen LogP contribution in [0.5, 0.6) is 0 Å². The number of likely N-dealkylation sites (tertiary alicyclic amines) is 1. The number of fused-ring (bicyclic) bond motifs is 1. The minimum Gasteiger partial charge on any atom is -0.277 e. The highest BCUT2D eigenvalue weighted by Crippen LogP contribution is 2.38. The van der Waals surface area contributed by atoms with Crippen molar-refractivity contribution in [3.63, 3.8) is 0 Å². The Bertz CT molecular complexity index is 796. The normalized spacial score (nSPS) is 21.1. The highest BCUT2D eigenvalue weighted by atomic mass is 35.5. The minimum atomic E-state index is -0.665. The van der Waals surface area contributed by atoms with Crippen molar-refractivity contribution < 1.29 is 9.59 Å². The summed E-state index contributed by atoms with van der Waals surface area (Å²) in [6.45, 7) is 7.54. The van der Waals surface area contributed by atoms with E-state index in [0.29, 0.717) is 10.7 Å². The van der Waals surface area contributed by atoms with Crippen molar-refractivity contribution in [2.75, 3.05) is 0 Å². The molecule has 7 heteroatoms. The van der Waals surface area contributed by atoms with E-state index in [1.165, 1.54) is 11.2 Å². The van der Waals surface area contributed by atoms with Crippen LogP contribution in [0.2, 0.25) is 5.15 Å². The molecular formula is C15H17ClN4O2. The Labute approximate surface area is 133 Å². The van der Waals surface area contributed by atoms with Crippen LogP contribution in [0.25, 0.3) is 5.52 Å². The van der Waals surface area contributed by atoms with Gasteiger partial charge in [0.1, 0.15) is 11.8 Å². The number of halogens is 1. The first-order valence-corrected chi connectivity index (χ1v) is 7.46. The van der Waals surface area contributed by atoms with E-state index in [1.807, 2.05) is 20.8 Å². The number of imide groups is 1. The molecule has 2 aromatic heterocycles. The maximum Gasteiger partial charge on any atom is 0.235 e. The molecule has 2 amide bonds. The molecule has 6 nitrogen and oxygen atoms in total. The van der Waals surface area contributed by atoms with Crippen molar-refractivity contribution in [2.45, 2.75) is 34.2 Å². The number of carbonyl (C=O) groups excluding carboxylic acids is 2. The molecule has 116 valence electrons. The first-order valence-electron chi connectivity index (χ1n) is 7.08. The lowest BCUT2D eigenvalue weighted by molar-refractivity contribution is -0.141. The van der Waals surface area contributed by atoms with Crippen LogP contribution in [0, 0.1) is 18.3 Å². The SMILES string of the molecule is Cc1c(CN2C(=O)C(C)C(C)(C)C2=O)cn2ncnc(Cl)c12. The van der Waals surface area contributed by atoms with E-state index in [4.69, 9.17) is 11.6 Å². The Morgan fingerprint density at radius 1 is 1.36 bits per heavy atom. The largest absolute Gasteiger partial charge is 0.277 e. The van der Waals surface area contributed by atoms with E-state index in [2.05, 4.69) is 10.1 Å². The van der Waals surface area contributed by atoms with Crippen LogP contribution in [0.3, 0.4) is 0 Å². The fourth-order valence-electron chi connectivity index (χ4n) is 2.82. The monoisotopic (exact) mass is 320 g/mol. The Balaban J connectivity index is 2.01. The molecule has 0 saturated carbocycles. The molecule has 1 aliphatic rings. The number of aryl methyl sites for hydroxylation is 1. The van der Waals surface area contributed by atoms with Gasteiger partial charge in [0, 0.05) is 12.1 Å². The van der Waals surface area contributed by atoms with Crippen LogP contribution in [0.15, 0.2) is 12.5 Å². The summed E-state index contributed by atoms with van der Waals surface area (Å²) in [4.78, 5) is 30.2. The molecule has 3 heterocycles. The van der Waals surface area contributed by atoms with Gasteiger partial charge < -0.3 is 0 Å². The number of nitrogens with zero attached hydrogens (tertiary/aromatic N) is 4. The lowest BCUT2D eigenvalue weighted by Gasteiger charge is -2.18. The van der Waals surface area contributed by atoms with Crippen molar-refractivity contribution in [3.8, 4) is 0 Å². The summed E-state index contributed by atoms with van der Waals surface area (Å²) < 4.78 is 1.62. The summed E-state index contributed by atoms with van der Waals surface area (Å²) in [5, 5.41) is 4.47. The summed E-state index contributed by atoms with van der Waals surface area (Å²) in [6, 6.07) is 0. The van der Waals surface area contributed by atoms with Crippen molar-refractivity contribution in [1.82, 2.24) is 19.5 Å². The lowest BCUT2D eigenvalue weighted by Crippen LogP contribution is -2.32. The van der Waals surface area contributed by atoms with E-state index in [9.17, 15) is 9.59 Å². The van der Waals surface area contributed by atoms with E-state index in [0.717, 1.165) is 11.1 Å². The third-order valence-corrected chi connectivity index (χ3v) is 5.01. The molecule has 0 N–H and O–H groups in total. The van der Waals surface area contributed by atoms with Gasteiger partial charge in [-0.3, -0.25) is 14.5 Å². The van der Waals surface area contributed by atoms with Crippen molar-refractivity contribution in [3.05, 3.63) is 28.8 Å². The second-order valence-electron chi connectivity index (χ2n) is 6.30. The van der Waals surface area contributed by atoms with Gasteiger partial charge in [-0.15, -0.1) is 0 Å². The van der Waals surface area contributed by atoms with Gasteiger partial charge in [-0.05, 0) is 18.1 Å². The van der Waals surface area contributed by atoms with E-state index < -0.39 is 5.41 Å². The number of carbonyl (C=O) groups is 2. The van der Waals surface area contributed by atoms with Gasteiger partial charge in [-0.2, -0.15) is 5.10 Å². The molecule has 1 aliphatic heterocycles. The van der Waals surface area contributed by atoms with Crippen LogP contribution in [-0.4, -0.2) is 31.3 Å². The first-order chi connectivity index (χ1) is 10.2. The lowest BCUT2D eigenvalue weighted by atomic mass is 9.82. The predicted octanol–water partition coefficient (Wildman–Crippen LogP) is 2.22. The van der Waals surface area contributed by atoms with Gasteiger partial charge in [-0.25, -0.2) is 9.50 Å². The van der Waals surface area contributed by atoms with Crippen LogP contribution >= 0.6 is 11.6 Å². The number of hydrogen-bond donors (Lipinski definition) is 0. The summed E-state index contributed by atoms with van der Waals surface area (Å²) in [5.74, 6) is -0.598. The summed E-state index contributed by atoms with van der Waals surface area (Å²) >= 11 is 6.10. The summed E-state index contributed by atoms with van der Waals surface area (Å²) in [5.41, 5.74) is 1.75. The third kappa shape index (κ3) is 1.94. The van der Waals surface area contributed by atoms with Gasteiger partial charge in [0.15, 0.2) is 5.15 Å². The van der Waals surface area contributed by atoms with Gasteiger partial charge in [0.25, 0.3) is 0 Å². The highest BCUT2D eigenvalue weighted by Gasteiger charge is 2.51. The maximum absolute atomic E-state index is 12.5. The van der Waals surface area contributed by atoms with Crippen molar-refractivity contribution in [2.24, 2.45) is 11.3 Å². The molecule has 0 aromatic carbocycles. The van der Waals surface area contributed by atoms with Crippen LogP contribution in [-0.2, 0) is 16.1 Å². The summed E-state index contributed by atoms with van der Waals surface area (Å²) in [6.07, 6.45) is 3.16. The first kappa shape index (κ1) is 15.0. The molecule has 1 fully saturated rings. The fourth-order valence-corrected chi connectivity index (χ4v) is 3.09. The van der Waals surface area contributed by atoms with Gasteiger partial charge >= 0.3 is 0 Å². The number of hydrogen-bond acceptors (Lipinski definition) is 4. The topological polar surface area (TPSA) is 67.6 Å². The molecule has 3 rings (SSSR count). The molecule has 0 bridgehead atoms. The van der Waals surface area contributed by atoms with Crippen LogP contribution in [0.1, 0.15) is 31.9 Å². The Hall–Kier alpha value is -1.95. The Morgan fingerprint density at radius 2 is 2.05 bits per heavy atom. The second-order valence-corrected chi connectivity index (χ2v) is 6.65. The predicted molar refractivity (Wildman–Crippen MR) is 81.2 cm³/mol. The number of amides is 2. The molecule has 0 aliphatic carbocycles. The van der Waals surface area contributed by atoms with Crippen molar-refractivity contribution >= 4 is 28.9 Å². The average molecular weight is 321 g/mol. The quantitative estimate of drug-likeness (QED) is 0.796. The van der Waals surface area contributed by atoms with E-state index in [-0.39, 0.29) is 24.3 Å². The molecule has 2 aromatic rings. The molecule has 1 saturated heterocycles. The van der Waals surface area contributed by atoms with Gasteiger partial charge in [-0.1, -0.05) is 32.4 Å². The average Bonchev–Trinajstić information content (AvgIpc) is 2.85. The smallest absolute Gasteiger partial charge is 0.235 e. The zero-order valence-corrected chi connectivity index (χ0v) is 13.7. The zero-order chi connectivity index (χ0) is 16.2. The van der Waals surface area contributed by atoms with E-state index in [1.54, 1.807) is 17.6 Å². The Morgan fingerprint density at radius 3 is 2.59 bits per heavy atom. The zero-order valence-electron chi connectivity index (χ0n) is 12.9. The minimum absolute atomic E-state index is 0.137. The second kappa shape index (κ2) is 4.78. The van der Waals surface area contributed by atoms with Crippen LogP contribution < -0.4 is 0 Å². The van der Waals surface area contributed by atoms with Crippen LogP contribution in [0.4, 0.5) is 0 Å². The van der Waals surface area contributed by atoms with Gasteiger partial charge in [0.05, 0.1) is 12.0 Å². The maximum atomic E-state index is 12.5. The Kier molecular flexibility index (Phi) is 3.25. The molecule has 1 unspecified atom stereocenters. The standard InChI is InChI=1S/C15H17ClN4O2/c1-8-10(6-20-11(8)12(16)17-7-18-20)5-19-13(21)9(2)15(3,4)14(19)22/h6-7,9H,5H2,1-4H3. The number of rotatable bonds is 2. The van der Waals surface area contributed by atoms with Gasteiger partial charge in [0.2, 0.25) is 11.8 Å². The molecule has 22 heavy (non-hydrogen) atoms. The van der Waals surface area contributed by atoms with Crippen molar-refractivity contribution in [1.29, 1.82) is 0 Å². The van der Waals surface area contributed by atoms with E-state index >= 15 is 0 Å². The molecule has 0 radical (unpaired) electrons. The molecular weight excluding hydrogens is 304 g/mol. The molecule has 1 atom stereocenters. The highest BCUT2D eigenvalue weighted by molar-refractivity contribution is 6.32. The molecule has 0 spiro atoms. The fraction of sp³-hybridized carbons (Fsp3) is 0.467. The number of aromatic nitrogens is 3. The summed E-state index contributed by atoms with van der Waals surface area (Å²) in [7, 11) is 0.